The summed E-state index contributed by atoms with van der Waals surface area (Å²) in [4.78, 5) is 33.9. The van der Waals surface area contributed by atoms with Gasteiger partial charge in [0.15, 0.2) is 5.16 Å². The predicted molar refractivity (Wildman–Crippen MR) is 128 cm³/mol. The molecule has 174 valence electrons. The molecule has 2 heterocycles. The Hall–Kier alpha value is -3.46. The van der Waals surface area contributed by atoms with Crippen molar-refractivity contribution in [2.45, 2.75) is 17.5 Å². The molecular weight excluding hydrogens is 458 g/mol. The van der Waals surface area contributed by atoms with E-state index < -0.39 is 5.76 Å². The van der Waals surface area contributed by atoms with Gasteiger partial charge in [0.05, 0.1) is 11.0 Å². The lowest BCUT2D eigenvalue weighted by Gasteiger charge is -2.35. The van der Waals surface area contributed by atoms with E-state index in [1.54, 1.807) is 38.6 Å². The quantitative estimate of drug-likeness (QED) is 0.395. The Bertz CT molecular complexity index is 1360. The highest BCUT2D eigenvalue weighted by molar-refractivity contribution is 7.99. The van der Waals surface area contributed by atoms with Crippen molar-refractivity contribution in [2.24, 2.45) is 0 Å². The SMILES string of the molecule is O=C(Cn1c(SC(F)F)nc2ccccc21)N1CCN(C(=O)c2cccc3ccccc23)CC1. The number of rotatable bonds is 5. The van der Waals surface area contributed by atoms with E-state index in [0.29, 0.717) is 54.5 Å². The number of thioether (sulfide) groups is 1. The zero-order chi connectivity index (χ0) is 23.7. The Morgan fingerprint density at radius 1 is 0.882 bits per heavy atom. The third kappa shape index (κ3) is 4.35. The average Bonchev–Trinajstić information content (AvgIpc) is 3.19. The van der Waals surface area contributed by atoms with E-state index in [2.05, 4.69) is 4.98 Å². The number of para-hydroxylation sites is 2. The number of amides is 2. The van der Waals surface area contributed by atoms with Gasteiger partial charge in [-0.15, -0.1) is 0 Å². The zero-order valence-corrected chi connectivity index (χ0v) is 19.0. The molecule has 0 N–H and O–H groups in total. The smallest absolute Gasteiger partial charge is 0.291 e. The van der Waals surface area contributed by atoms with Crippen molar-refractivity contribution in [3.05, 3.63) is 72.3 Å². The summed E-state index contributed by atoms with van der Waals surface area (Å²) in [6.07, 6.45) is 0. The molecule has 0 aliphatic carbocycles. The number of fused-ring (bicyclic) bond motifs is 2. The van der Waals surface area contributed by atoms with Crippen molar-refractivity contribution in [2.75, 3.05) is 26.2 Å². The molecule has 0 atom stereocenters. The number of hydrogen-bond acceptors (Lipinski definition) is 4. The van der Waals surface area contributed by atoms with Crippen LogP contribution in [-0.4, -0.2) is 63.1 Å². The van der Waals surface area contributed by atoms with E-state index in [9.17, 15) is 18.4 Å². The summed E-state index contributed by atoms with van der Waals surface area (Å²) >= 11 is 0.337. The zero-order valence-electron chi connectivity index (χ0n) is 18.2. The molecule has 0 saturated carbocycles. The van der Waals surface area contributed by atoms with E-state index >= 15 is 0 Å². The first kappa shape index (κ1) is 22.3. The van der Waals surface area contributed by atoms with Crippen molar-refractivity contribution < 1.29 is 18.4 Å². The van der Waals surface area contributed by atoms with Crippen LogP contribution >= 0.6 is 11.8 Å². The van der Waals surface area contributed by atoms with Crippen LogP contribution in [0.3, 0.4) is 0 Å². The van der Waals surface area contributed by atoms with Gasteiger partial charge in [0, 0.05) is 31.7 Å². The van der Waals surface area contributed by atoms with Gasteiger partial charge in [-0.2, -0.15) is 8.78 Å². The number of benzene rings is 3. The highest BCUT2D eigenvalue weighted by atomic mass is 32.2. The van der Waals surface area contributed by atoms with E-state index in [0.717, 1.165) is 10.8 Å². The van der Waals surface area contributed by atoms with Crippen LogP contribution in [0.4, 0.5) is 8.78 Å². The topological polar surface area (TPSA) is 58.4 Å². The summed E-state index contributed by atoms with van der Waals surface area (Å²) in [5.74, 6) is -2.87. The summed E-state index contributed by atoms with van der Waals surface area (Å²) in [6.45, 7) is 1.53. The summed E-state index contributed by atoms with van der Waals surface area (Å²) in [7, 11) is 0. The lowest BCUT2D eigenvalue weighted by Crippen LogP contribution is -2.51. The van der Waals surface area contributed by atoms with Gasteiger partial charge in [-0.05, 0) is 40.7 Å². The van der Waals surface area contributed by atoms with Crippen molar-refractivity contribution in [3.8, 4) is 0 Å². The highest BCUT2D eigenvalue weighted by Crippen LogP contribution is 2.29. The fourth-order valence-corrected chi connectivity index (χ4v) is 4.95. The van der Waals surface area contributed by atoms with Crippen molar-refractivity contribution in [1.82, 2.24) is 19.4 Å². The molecule has 5 rings (SSSR count). The second kappa shape index (κ2) is 9.42. The van der Waals surface area contributed by atoms with Crippen LogP contribution in [0, 0.1) is 0 Å². The molecule has 1 saturated heterocycles. The van der Waals surface area contributed by atoms with Crippen LogP contribution in [0.5, 0.6) is 0 Å². The van der Waals surface area contributed by atoms with Crippen molar-refractivity contribution in [1.29, 1.82) is 0 Å². The second-order valence-electron chi connectivity index (χ2n) is 8.05. The normalized spacial score (nSPS) is 14.3. The third-order valence-electron chi connectivity index (χ3n) is 6.05. The molecule has 1 aromatic heterocycles. The van der Waals surface area contributed by atoms with E-state index in [-0.39, 0.29) is 23.5 Å². The van der Waals surface area contributed by atoms with Crippen LogP contribution in [0.15, 0.2) is 71.9 Å². The number of piperazine rings is 1. The highest BCUT2D eigenvalue weighted by Gasteiger charge is 2.27. The summed E-state index contributed by atoms with van der Waals surface area (Å²) in [5.41, 5.74) is 1.86. The van der Waals surface area contributed by atoms with Gasteiger partial charge in [-0.3, -0.25) is 9.59 Å². The standard InChI is InChI=1S/C25H22F2N4O2S/c26-24(27)34-25-28-20-10-3-4-11-21(20)31(25)16-22(32)29-12-14-30(15-13-29)23(33)19-9-5-7-17-6-1-2-8-18(17)19/h1-11,24H,12-16H2. The molecular formula is C25H22F2N4O2S. The maximum Gasteiger partial charge on any atom is 0.291 e. The number of alkyl halides is 2. The van der Waals surface area contributed by atoms with Crippen molar-refractivity contribution >= 4 is 45.4 Å². The molecule has 0 spiro atoms. The minimum absolute atomic E-state index is 0.0554. The predicted octanol–water partition coefficient (Wildman–Crippen LogP) is 4.49. The molecule has 1 aliphatic heterocycles. The van der Waals surface area contributed by atoms with E-state index in [4.69, 9.17) is 0 Å². The largest absolute Gasteiger partial charge is 0.338 e. The first-order valence-corrected chi connectivity index (χ1v) is 11.8. The Labute approximate surface area is 199 Å². The maximum atomic E-state index is 13.2. The van der Waals surface area contributed by atoms with Crippen LogP contribution in [0.2, 0.25) is 0 Å². The molecule has 0 unspecified atom stereocenters. The van der Waals surface area contributed by atoms with E-state index in [1.165, 1.54) is 0 Å². The first-order chi connectivity index (χ1) is 16.5. The van der Waals surface area contributed by atoms with Gasteiger partial charge in [0.25, 0.3) is 11.7 Å². The molecule has 1 fully saturated rings. The fourth-order valence-electron chi connectivity index (χ4n) is 4.35. The lowest BCUT2D eigenvalue weighted by atomic mass is 10.0. The minimum atomic E-state index is -2.63. The Morgan fingerprint density at radius 3 is 2.35 bits per heavy atom. The van der Waals surface area contributed by atoms with Gasteiger partial charge in [-0.25, -0.2) is 4.98 Å². The van der Waals surface area contributed by atoms with Gasteiger partial charge >= 0.3 is 0 Å². The molecule has 9 heteroatoms. The number of nitrogens with zero attached hydrogens (tertiary/aromatic N) is 4. The van der Waals surface area contributed by atoms with Gasteiger partial charge in [0.1, 0.15) is 6.54 Å². The maximum absolute atomic E-state index is 13.2. The summed E-state index contributed by atoms with van der Waals surface area (Å²) in [6, 6.07) is 20.5. The number of carbonyl (C=O) groups is 2. The Balaban J connectivity index is 1.28. The number of carbonyl (C=O) groups excluding carboxylic acids is 2. The molecule has 34 heavy (non-hydrogen) atoms. The molecule has 1 aliphatic rings. The monoisotopic (exact) mass is 480 g/mol. The van der Waals surface area contributed by atoms with Crippen molar-refractivity contribution in [3.63, 3.8) is 0 Å². The second-order valence-corrected chi connectivity index (χ2v) is 9.00. The molecule has 0 bridgehead atoms. The van der Waals surface area contributed by atoms with Crippen LogP contribution in [0.1, 0.15) is 10.4 Å². The molecule has 4 aromatic rings. The Kier molecular flexibility index (Phi) is 6.19. The van der Waals surface area contributed by atoms with Crippen LogP contribution in [0.25, 0.3) is 21.8 Å². The van der Waals surface area contributed by atoms with Gasteiger partial charge < -0.3 is 14.4 Å². The van der Waals surface area contributed by atoms with E-state index in [1.807, 2.05) is 42.5 Å². The number of imidazole rings is 1. The van der Waals surface area contributed by atoms with Gasteiger partial charge in [-0.1, -0.05) is 48.5 Å². The first-order valence-electron chi connectivity index (χ1n) is 11.0. The average molecular weight is 481 g/mol. The fraction of sp³-hybridized carbons (Fsp3) is 0.240. The Morgan fingerprint density at radius 2 is 1.56 bits per heavy atom. The minimum Gasteiger partial charge on any atom is -0.338 e. The lowest BCUT2D eigenvalue weighted by molar-refractivity contribution is -0.133. The van der Waals surface area contributed by atoms with Crippen LogP contribution < -0.4 is 0 Å². The molecule has 2 amide bonds. The molecule has 3 aromatic carbocycles. The summed E-state index contributed by atoms with van der Waals surface area (Å²) < 4.78 is 27.7. The number of hydrogen-bond donors (Lipinski definition) is 0. The summed E-state index contributed by atoms with van der Waals surface area (Å²) in [5, 5.41) is 2.03. The van der Waals surface area contributed by atoms with Crippen LogP contribution in [-0.2, 0) is 11.3 Å². The molecule has 0 radical (unpaired) electrons. The third-order valence-corrected chi connectivity index (χ3v) is 6.75. The number of halogens is 2. The van der Waals surface area contributed by atoms with Gasteiger partial charge in [0.2, 0.25) is 5.91 Å². The molecule has 6 nitrogen and oxygen atoms in total. The number of aromatic nitrogens is 2.